The number of carbonyl (C=O) groups excluding carboxylic acids is 1. The van der Waals surface area contributed by atoms with Gasteiger partial charge in [0, 0.05) is 31.9 Å². The van der Waals surface area contributed by atoms with Crippen molar-refractivity contribution in [2.24, 2.45) is 0 Å². The van der Waals surface area contributed by atoms with E-state index < -0.39 is 6.55 Å². The Morgan fingerprint density at radius 3 is 2.61 bits per heavy atom. The van der Waals surface area contributed by atoms with Gasteiger partial charge in [0.15, 0.2) is 5.69 Å². The van der Waals surface area contributed by atoms with Gasteiger partial charge in [0.1, 0.15) is 0 Å². The van der Waals surface area contributed by atoms with E-state index >= 15 is 0 Å². The molecule has 0 spiro atoms. The number of likely N-dealkylation sites (tertiary alicyclic amines) is 2. The van der Waals surface area contributed by atoms with Crippen LogP contribution in [0.2, 0.25) is 0 Å². The molecule has 2 fully saturated rings. The van der Waals surface area contributed by atoms with E-state index in [9.17, 15) is 18.7 Å². The maximum atomic E-state index is 12.5. The van der Waals surface area contributed by atoms with Gasteiger partial charge in [-0.25, -0.2) is 4.68 Å². The summed E-state index contributed by atoms with van der Waals surface area (Å²) in [6.45, 7) is 0.161. The van der Waals surface area contributed by atoms with E-state index in [4.69, 9.17) is 0 Å². The Balaban J connectivity index is 1.54. The molecule has 8 heteroatoms. The van der Waals surface area contributed by atoms with Gasteiger partial charge in [0.25, 0.3) is 5.91 Å². The Kier molecular flexibility index (Phi) is 4.91. The van der Waals surface area contributed by atoms with Crippen LogP contribution in [0.4, 0.5) is 8.78 Å². The molecule has 6 nitrogen and oxygen atoms in total. The molecule has 1 N–H and O–H groups in total. The molecule has 2 aliphatic heterocycles. The molecule has 1 aromatic heterocycles. The van der Waals surface area contributed by atoms with Gasteiger partial charge in [0.05, 0.1) is 6.10 Å². The highest BCUT2D eigenvalue weighted by Gasteiger charge is 2.30. The quantitative estimate of drug-likeness (QED) is 0.910. The number of hydrogen-bond acceptors (Lipinski definition) is 4. The van der Waals surface area contributed by atoms with Gasteiger partial charge < -0.3 is 10.0 Å². The summed E-state index contributed by atoms with van der Waals surface area (Å²) in [7, 11) is 0. The lowest BCUT2D eigenvalue weighted by Gasteiger charge is -2.41. The summed E-state index contributed by atoms with van der Waals surface area (Å²) in [4.78, 5) is 16.3. The minimum absolute atomic E-state index is 0.0668. The van der Waals surface area contributed by atoms with Crippen molar-refractivity contribution in [2.75, 3.05) is 26.2 Å². The molecule has 23 heavy (non-hydrogen) atoms. The first-order valence-corrected chi connectivity index (χ1v) is 8.09. The second kappa shape index (κ2) is 6.92. The van der Waals surface area contributed by atoms with Crippen molar-refractivity contribution in [3.8, 4) is 0 Å². The molecule has 0 saturated carbocycles. The first-order valence-electron chi connectivity index (χ1n) is 8.09. The second-order valence-electron chi connectivity index (χ2n) is 6.27. The van der Waals surface area contributed by atoms with Crippen LogP contribution in [0.25, 0.3) is 0 Å². The fourth-order valence-electron chi connectivity index (χ4n) is 3.47. The molecule has 128 valence electrons. The molecule has 2 aliphatic rings. The summed E-state index contributed by atoms with van der Waals surface area (Å²) in [6, 6.07) is 1.72. The summed E-state index contributed by atoms with van der Waals surface area (Å²) in [5, 5.41) is 13.4. The van der Waals surface area contributed by atoms with Gasteiger partial charge in [-0.1, -0.05) is 0 Å². The van der Waals surface area contributed by atoms with Gasteiger partial charge in [-0.15, -0.1) is 0 Å². The first kappa shape index (κ1) is 16.3. The third-order valence-corrected chi connectivity index (χ3v) is 4.72. The number of aliphatic hydroxyl groups is 1. The zero-order valence-electron chi connectivity index (χ0n) is 12.9. The molecule has 1 atom stereocenters. The predicted octanol–water partition coefficient (Wildman–Crippen LogP) is 1.34. The van der Waals surface area contributed by atoms with Crippen LogP contribution in [0.15, 0.2) is 12.3 Å². The fraction of sp³-hybridized carbons (Fsp3) is 0.733. The number of β-amino-alcohol motifs (C(OH)–C–C–N with tert-alkyl or cyclic N) is 1. The fourth-order valence-corrected chi connectivity index (χ4v) is 3.47. The largest absolute Gasteiger partial charge is 0.392 e. The molecular formula is C15H22F2N4O2. The Morgan fingerprint density at radius 2 is 2.00 bits per heavy atom. The lowest BCUT2D eigenvalue weighted by molar-refractivity contribution is 0.0237. The number of hydrogen-bond donors (Lipinski definition) is 1. The van der Waals surface area contributed by atoms with E-state index in [2.05, 4.69) is 10.00 Å². The number of halogens is 2. The normalized spacial score (nSPS) is 24.3. The van der Waals surface area contributed by atoms with Crippen LogP contribution in [0.1, 0.15) is 42.7 Å². The van der Waals surface area contributed by atoms with Crippen molar-refractivity contribution in [3.05, 3.63) is 18.0 Å². The van der Waals surface area contributed by atoms with Crippen molar-refractivity contribution in [1.29, 1.82) is 0 Å². The van der Waals surface area contributed by atoms with Crippen molar-refractivity contribution in [3.63, 3.8) is 0 Å². The van der Waals surface area contributed by atoms with Crippen LogP contribution in [0.5, 0.6) is 0 Å². The van der Waals surface area contributed by atoms with Crippen LogP contribution in [0.3, 0.4) is 0 Å². The van der Waals surface area contributed by atoms with Crippen LogP contribution in [-0.4, -0.2) is 68.9 Å². The first-order chi connectivity index (χ1) is 11.0. The third-order valence-electron chi connectivity index (χ3n) is 4.72. The summed E-state index contributed by atoms with van der Waals surface area (Å²) in [5.74, 6) is -0.290. The molecule has 0 bridgehead atoms. The van der Waals surface area contributed by atoms with Crippen LogP contribution in [0, 0.1) is 0 Å². The lowest BCUT2D eigenvalue weighted by atomic mass is 9.99. The predicted molar refractivity (Wildman–Crippen MR) is 79.2 cm³/mol. The number of piperidine rings is 2. The summed E-state index contributed by atoms with van der Waals surface area (Å²) >= 11 is 0. The minimum Gasteiger partial charge on any atom is -0.392 e. The number of nitrogens with zero attached hydrogens (tertiary/aromatic N) is 4. The smallest absolute Gasteiger partial charge is 0.333 e. The van der Waals surface area contributed by atoms with Crippen molar-refractivity contribution >= 4 is 5.91 Å². The number of aromatic nitrogens is 2. The number of amides is 1. The molecule has 1 aromatic rings. The van der Waals surface area contributed by atoms with E-state index in [1.165, 1.54) is 6.07 Å². The molecule has 0 aromatic carbocycles. The van der Waals surface area contributed by atoms with Gasteiger partial charge in [-0.3, -0.25) is 9.69 Å². The minimum atomic E-state index is -2.73. The molecule has 0 aliphatic carbocycles. The molecule has 0 radical (unpaired) electrons. The van der Waals surface area contributed by atoms with Gasteiger partial charge >= 0.3 is 6.55 Å². The van der Waals surface area contributed by atoms with Gasteiger partial charge in [-0.05, 0) is 38.3 Å². The van der Waals surface area contributed by atoms with E-state index in [-0.39, 0.29) is 17.7 Å². The molecule has 3 heterocycles. The average molecular weight is 328 g/mol. The zero-order chi connectivity index (χ0) is 16.4. The van der Waals surface area contributed by atoms with Crippen molar-refractivity contribution < 1.29 is 18.7 Å². The number of aliphatic hydroxyl groups excluding tert-OH is 1. The lowest BCUT2D eigenvalue weighted by Crippen LogP contribution is -2.50. The molecule has 3 rings (SSSR count). The van der Waals surface area contributed by atoms with Crippen molar-refractivity contribution in [1.82, 2.24) is 19.6 Å². The Hall–Kier alpha value is -1.54. The molecular weight excluding hydrogens is 306 g/mol. The highest BCUT2D eigenvalue weighted by molar-refractivity contribution is 5.92. The van der Waals surface area contributed by atoms with E-state index in [1.54, 1.807) is 4.90 Å². The zero-order valence-corrected chi connectivity index (χ0v) is 12.9. The van der Waals surface area contributed by atoms with E-state index in [1.807, 2.05) is 0 Å². The maximum absolute atomic E-state index is 12.5. The molecule has 1 amide bonds. The van der Waals surface area contributed by atoms with Gasteiger partial charge in [0.2, 0.25) is 0 Å². The molecule has 2 saturated heterocycles. The number of carbonyl (C=O) groups is 1. The third kappa shape index (κ3) is 3.69. The standard InChI is InChI=1S/C15H22F2N4O2/c16-15(17)21-9-5-13(18-21)14(23)19-7-3-11(4-8-19)20-6-1-2-12(22)10-20/h5,9,11-12,15,22H,1-4,6-8,10H2/t12-/m0/s1. The van der Waals surface area contributed by atoms with Crippen LogP contribution in [-0.2, 0) is 0 Å². The molecule has 0 unspecified atom stereocenters. The Bertz CT molecular complexity index is 543. The monoisotopic (exact) mass is 328 g/mol. The summed E-state index contributed by atoms with van der Waals surface area (Å²) in [5.41, 5.74) is 0.0668. The van der Waals surface area contributed by atoms with Gasteiger partial charge in [-0.2, -0.15) is 13.9 Å². The highest BCUT2D eigenvalue weighted by atomic mass is 19.3. The maximum Gasteiger partial charge on any atom is 0.333 e. The van der Waals surface area contributed by atoms with Crippen LogP contribution >= 0.6 is 0 Å². The second-order valence-corrected chi connectivity index (χ2v) is 6.27. The summed E-state index contributed by atoms with van der Waals surface area (Å²) in [6.07, 6.45) is 4.43. The number of rotatable bonds is 3. The van der Waals surface area contributed by atoms with E-state index in [0.29, 0.717) is 30.4 Å². The van der Waals surface area contributed by atoms with Crippen LogP contribution < -0.4 is 0 Å². The van der Waals surface area contributed by atoms with E-state index in [0.717, 1.165) is 38.4 Å². The average Bonchev–Trinajstić information content (AvgIpc) is 3.04. The Morgan fingerprint density at radius 1 is 1.26 bits per heavy atom. The highest BCUT2D eigenvalue weighted by Crippen LogP contribution is 2.22. The van der Waals surface area contributed by atoms with Crippen molar-refractivity contribution in [2.45, 2.75) is 44.4 Å². The SMILES string of the molecule is O=C(c1ccn(C(F)F)n1)N1CCC(N2CCC[C@H](O)C2)CC1. The Labute approximate surface area is 133 Å². The number of alkyl halides is 2. The summed E-state index contributed by atoms with van der Waals surface area (Å²) < 4.78 is 25.5. The topological polar surface area (TPSA) is 61.6 Å².